The van der Waals surface area contributed by atoms with Gasteiger partial charge in [-0.25, -0.2) is 9.67 Å². The van der Waals surface area contributed by atoms with Crippen LogP contribution < -0.4 is 5.43 Å². The molecule has 0 atom stereocenters. The summed E-state index contributed by atoms with van der Waals surface area (Å²) in [5.41, 5.74) is 6.90. The third-order valence-electron chi connectivity index (χ3n) is 3.62. The molecule has 4 aromatic rings. The number of anilines is 1. The maximum absolute atomic E-state index is 4.53. The molecule has 2 aromatic carbocycles. The highest BCUT2D eigenvalue weighted by Crippen LogP contribution is 2.25. The molecular weight excluding hydrogens is 318 g/mol. The second kappa shape index (κ2) is 6.25. The number of rotatable bonds is 4. The quantitative estimate of drug-likeness (QED) is 0.449. The van der Waals surface area contributed by atoms with Crippen molar-refractivity contribution in [1.82, 2.24) is 14.8 Å². The number of thiazole rings is 1. The Bertz CT molecular complexity index is 968. The lowest BCUT2D eigenvalue weighted by Crippen LogP contribution is -1.93. The summed E-state index contributed by atoms with van der Waals surface area (Å²) in [4.78, 5) is 4.49. The van der Waals surface area contributed by atoms with E-state index in [4.69, 9.17) is 0 Å². The molecule has 0 unspecified atom stereocenters. The number of fused-ring (bicyclic) bond motifs is 1. The van der Waals surface area contributed by atoms with E-state index in [0.717, 1.165) is 32.3 Å². The highest BCUT2D eigenvalue weighted by molar-refractivity contribution is 7.22. The number of hydrogen-bond acceptors (Lipinski definition) is 5. The summed E-state index contributed by atoms with van der Waals surface area (Å²) in [5, 5.41) is 9.60. The van der Waals surface area contributed by atoms with Crippen LogP contribution in [0.1, 0.15) is 11.3 Å². The highest BCUT2D eigenvalue weighted by Gasteiger charge is 2.05. The van der Waals surface area contributed by atoms with Gasteiger partial charge in [0.25, 0.3) is 0 Å². The maximum atomic E-state index is 4.53. The summed E-state index contributed by atoms with van der Waals surface area (Å²) in [5.74, 6) is 0. The van der Waals surface area contributed by atoms with Gasteiger partial charge in [-0.05, 0) is 31.2 Å². The van der Waals surface area contributed by atoms with Crippen molar-refractivity contribution in [3.8, 4) is 5.69 Å². The smallest absolute Gasteiger partial charge is 0.204 e. The van der Waals surface area contributed by atoms with Gasteiger partial charge in [-0.1, -0.05) is 41.7 Å². The number of nitrogens with zero attached hydrogens (tertiary/aromatic N) is 4. The number of hydrazone groups is 1. The molecule has 0 amide bonds. The Balaban J connectivity index is 1.52. The molecule has 24 heavy (non-hydrogen) atoms. The predicted octanol–water partition coefficient (Wildman–Crippen LogP) is 4.24. The normalized spacial score (nSPS) is 11.4. The number of aromatic nitrogens is 3. The monoisotopic (exact) mass is 333 g/mol. The molecule has 0 radical (unpaired) electrons. The Morgan fingerprint density at radius 1 is 1.08 bits per heavy atom. The van der Waals surface area contributed by atoms with Crippen LogP contribution in [0.2, 0.25) is 0 Å². The van der Waals surface area contributed by atoms with Gasteiger partial charge in [-0.3, -0.25) is 5.43 Å². The van der Waals surface area contributed by atoms with E-state index in [2.05, 4.69) is 26.7 Å². The topological polar surface area (TPSA) is 55.1 Å². The van der Waals surface area contributed by atoms with Crippen molar-refractivity contribution >= 4 is 32.9 Å². The van der Waals surface area contributed by atoms with Gasteiger partial charge in [0.05, 0.1) is 27.8 Å². The minimum Gasteiger partial charge on any atom is -0.253 e. The molecule has 0 bridgehead atoms. The zero-order valence-electron chi connectivity index (χ0n) is 13.0. The minimum atomic E-state index is 0.778. The molecule has 4 rings (SSSR count). The van der Waals surface area contributed by atoms with Crippen LogP contribution in [-0.2, 0) is 0 Å². The maximum Gasteiger partial charge on any atom is 0.204 e. The molecule has 0 fully saturated rings. The fraction of sp³-hybridized carbons (Fsp3) is 0.0556. The summed E-state index contributed by atoms with van der Waals surface area (Å²) >= 11 is 1.58. The van der Waals surface area contributed by atoms with Crippen molar-refractivity contribution in [3.63, 3.8) is 0 Å². The van der Waals surface area contributed by atoms with E-state index in [9.17, 15) is 0 Å². The fourth-order valence-corrected chi connectivity index (χ4v) is 3.21. The van der Waals surface area contributed by atoms with Gasteiger partial charge in [-0.15, -0.1) is 0 Å². The lowest BCUT2D eigenvalue weighted by Gasteiger charge is -1.98. The van der Waals surface area contributed by atoms with Gasteiger partial charge < -0.3 is 0 Å². The molecule has 0 aliphatic carbocycles. The molecular formula is C18H15N5S. The summed E-state index contributed by atoms with van der Waals surface area (Å²) in [7, 11) is 0. The first-order chi connectivity index (χ1) is 11.8. The predicted molar refractivity (Wildman–Crippen MR) is 99.1 cm³/mol. The van der Waals surface area contributed by atoms with E-state index < -0.39 is 0 Å². The van der Waals surface area contributed by atoms with E-state index in [1.807, 2.05) is 66.3 Å². The van der Waals surface area contributed by atoms with E-state index >= 15 is 0 Å². The number of nitrogens with one attached hydrogen (secondary N) is 1. The van der Waals surface area contributed by atoms with Gasteiger partial charge in [-0.2, -0.15) is 10.2 Å². The Labute approximate surface area is 143 Å². The molecule has 0 saturated carbocycles. The number of benzene rings is 2. The van der Waals surface area contributed by atoms with Crippen LogP contribution in [0.3, 0.4) is 0 Å². The van der Waals surface area contributed by atoms with Crippen molar-refractivity contribution in [2.75, 3.05) is 5.43 Å². The van der Waals surface area contributed by atoms with Crippen LogP contribution in [0, 0.1) is 6.92 Å². The van der Waals surface area contributed by atoms with Gasteiger partial charge in [0.1, 0.15) is 0 Å². The molecule has 0 spiro atoms. The lowest BCUT2D eigenvalue weighted by molar-refractivity contribution is 0.863. The van der Waals surface area contributed by atoms with Crippen molar-refractivity contribution < 1.29 is 0 Å². The van der Waals surface area contributed by atoms with Crippen LogP contribution in [-0.4, -0.2) is 21.0 Å². The van der Waals surface area contributed by atoms with Crippen molar-refractivity contribution in [1.29, 1.82) is 0 Å². The van der Waals surface area contributed by atoms with Crippen LogP contribution in [0.5, 0.6) is 0 Å². The first-order valence-electron chi connectivity index (χ1n) is 7.56. The van der Waals surface area contributed by atoms with Crippen molar-refractivity contribution in [3.05, 3.63) is 72.1 Å². The molecule has 118 valence electrons. The van der Waals surface area contributed by atoms with Crippen LogP contribution in [0.15, 0.2) is 65.9 Å². The zero-order chi connectivity index (χ0) is 16.4. The Morgan fingerprint density at radius 3 is 2.71 bits per heavy atom. The number of para-hydroxylation sites is 2. The Kier molecular flexibility index (Phi) is 3.80. The highest BCUT2D eigenvalue weighted by atomic mass is 32.1. The molecule has 5 nitrogen and oxygen atoms in total. The first kappa shape index (κ1) is 14.6. The summed E-state index contributed by atoms with van der Waals surface area (Å²) in [6.45, 7) is 1.97. The zero-order valence-corrected chi connectivity index (χ0v) is 13.9. The summed E-state index contributed by atoms with van der Waals surface area (Å²) < 4.78 is 3.00. The van der Waals surface area contributed by atoms with Gasteiger partial charge in [0.15, 0.2) is 0 Å². The number of hydrogen-bond donors (Lipinski definition) is 1. The average Bonchev–Trinajstić information content (AvgIpc) is 3.19. The van der Waals surface area contributed by atoms with E-state index in [1.165, 1.54) is 0 Å². The Morgan fingerprint density at radius 2 is 1.88 bits per heavy atom. The summed E-state index contributed by atoms with van der Waals surface area (Å²) in [6.07, 6.45) is 3.74. The molecule has 2 aromatic heterocycles. The van der Waals surface area contributed by atoms with Crippen molar-refractivity contribution in [2.45, 2.75) is 6.92 Å². The van der Waals surface area contributed by atoms with Crippen molar-refractivity contribution in [2.24, 2.45) is 5.10 Å². The van der Waals surface area contributed by atoms with Gasteiger partial charge in [0.2, 0.25) is 5.13 Å². The molecule has 1 N–H and O–H groups in total. The number of aryl methyl sites for hydroxylation is 1. The first-order valence-corrected chi connectivity index (χ1v) is 8.37. The van der Waals surface area contributed by atoms with Crippen LogP contribution in [0.25, 0.3) is 15.9 Å². The van der Waals surface area contributed by atoms with Gasteiger partial charge >= 0.3 is 0 Å². The van der Waals surface area contributed by atoms with E-state index in [1.54, 1.807) is 17.6 Å². The van der Waals surface area contributed by atoms with E-state index in [0.29, 0.717) is 0 Å². The van der Waals surface area contributed by atoms with Crippen LogP contribution in [0.4, 0.5) is 5.13 Å². The third kappa shape index (κ3) is 2.91. The molecule has 2 heterocycles. The minimum absolute atomic E-state index is 0.778. The molecule has 0 aliphatic rings. The van der Waals surface area contributed by atoms with Crippen LogP contribution >= 0.6 is 11.3 Å². The third-order valence-corrected chi connectivity index (χ3v) is 4.56. The van der Waals surface area contributed by atoms with Gasteiger partial charge in [0, 0.05) is 11.8 Å². The standard InChI is InChI=1S/C18H15N5S/c1-13-14(12-23(22-13)15-7-3-2-4-8-15)11-19-21-18-20-16-9-5-6-10-17(16)24-18/h2-12H,1H3,(H,20,21)/b19-11+. The Hall–Kier alpha value is -2.99. The SMILES string of the molecule is Cc1nn(-c2ccccc2)cc1/C=N/Nc1nc2ccccc2s1. The largest absolute Gasteiger partial charge is 0.253 e. The average molecular weight is 333 g/mol. The lowest BCUT2D eigenvalue weighted by atomic mass is 10.3. The second-order valence-electron chi connectivity index (χ2n) is 5.31. The molecule has 6 heteroatoms. The summed E-state index contributed by atoms with van der Waals surface area (Å²) in [6, 6.07) is 18.1. The fourth-order valence-electron chi connectivity index (χ4n) is 2.39. The second-order valence-corrected chi connectivity index (χ2v) is 6.34. The molecule has 0 saturated heterocycles. The molecule has 0 aliphatic heterocycles. The van der Waals surface area contributed by atoms with E-state index in [-0.39, 0.29) is 0 Å².